The van der Waals surface area contributed by atoms with Gasteiger partial charge in [-0.1, -0.05) is 6.07 Å². The second-order valence-electron chi connectivity index (χ2n) is 3.26. The van der Waals surface area contributed by atoms with Gasteiger partial charge in [-0.3, -0.25) is 4.79 Å². The average molecular weight is 224 g/mol. The molecule has 1 aromatic rings. The first kappa shape index (κ1) is 12.3. The fourth-order valence-electron chi connectivity index (χ4n) is 1.28. The maximum atomic E-state index is 10.6. The van der Waals surface area contributed by atoms with Crippen LogP contribution in [0.2, 0.25) is 0 Å². The van der Waals surface area contributed by atoms with Crippen molar-refractivity contribution in [1.29, 1.82) is 0 Å². The van der Waals surface area contributed by atoms with E-state index in [1.807, 2.05) is 19.2 Å². The number of ether oxygens (including phenoxy) is 2. The van der Waals surface area contributed by atoms with Crippen LogP contribution in [0.3, 0.4) is 0 Å². The molecule has 0 saturated carbocycles. The van der Waals surface area contributed by atoms with Gasteiger partial charge in [0.15, 0.2) is 6.61 Å². The van der Waals surface area contributed by atoms with Crippen molar-refractivity contribution in [1.82, 2.24) is 5.32 Å². The van der Waals surface area contributed by atoms with E-state index in [0.717, 1.165) is 5.56 Å². The topological polar surface area (TPSA) is 73.6 Å². The van der Waals surface area contributed by atoms with E-state index in [1.54, 1.807) is 13.2 Å². The molecule has 0 fully saturated rings. The molecule has 0 atom stereocenters. The smallest absolute Gasteiger partial charge is 0.255 e. The van der Waals surface area contributed by atoms with Crippen LogP contribution in [0.15, 0.2) is 18.2 Å². The summed E-state index contributed by atoms with van der Waals surface area (Å²) in [5.41, 5.74) is 5.97. The molecule has 0 radical (unpaired) electrons. The third-order valence-corrected chi connectivity index (χ3v) is 2.01. The van der Waals surface area contributed by atoms with Gasteiger partial charge in [-0.25, -0.2) is 0 Å². The molecule has 0 aliphatic carbocycles. The Morgan fingerprint density at radius 1 is 1.50 bits per heavy atom. The van der Waals surface area contributed by atoms with Crippen molar-refractivity contribution < 1.29 is 14.3 Å². The first-order valence-corrected chi connectivity index (χ1v) is 4.90. The summed E-state index contributed by atoms with van der Waals surface area (Å²) in [6.07, 6.45) is 0. The van der Waals surface area contributed by atoms with Gasteiger partial charge in [0.2, 0.25) is 0 Å². The maximum Gasteiger partial charge on any atom is 0.255 e. The van der Waals surface area contributed by atoms with Gasteiger partial charge in [0.1, 0.15) is 11.5 Å². The van der Waals surface area contributed by atoms with E-state index in [4.69, 9.17) is 15.2 Å². The molecule has 0 bridgehead atoms. The lowest BCUT2D eigenvalue weighted by Gasteiger charge is -2.11. The summed E-state index contributed by atoms with van der Waals surface area (Å²) < 4.78 is 10.4. The molecular weight excluding hydrogens is 208 g/mol. The molecule has 0 unspecified atom stereocenters. The lowest BCUT2D eigenvalue weighted by Crippen LogP contribution is -2.20. The van der Waals surface area contributed by atoms with Crippen LogP contribution in [-0.4, -0.2) is 26.7 Å². The zero-order valence-corrected chi connectivity index (χ0v) is 9.45. The molecule has 1 rings (SSSR count). The third-order valence-electron chi connectivity index (χ3n) is 2.01. The third kappa shape index (κ3) is 3.43. The number of methoxy groups -OCH3 is 1. The van der Waals surface area contributed by atoms with Gasteiger partial charge in [0.05, 0.1) is 7.11 Å². The summed E-state index contributed by atoms with van der Waals surface area (Å²) in [5, 5.41) is 3.01. The van der Waals surface area contributed by atoms with Gasteiger partial charge in [-0.2, -0.15) is 0 Å². The summed E-state index contributed by atoms with van der Waals surface area (Å²) in [4.78, 5) is 10.6. The van der Waals surface area contributed by atoms with Crippen molar-refractivity contribution in [2.45, 2.75) is 6.54 Å². The van der Waals surface area contributed by atoms with Gasteiger partial charge in [-0.15, -0.1) is 0 Å². The van der Waals surface area contributed by atoms with Gasteiger partial charge in [0.25, 0.3) is 5.91 Å². The molecule has 0 aliphatic rings. The van der Waals surface area contributed by atoms with Crippen LogP contribution in [0.4, 0.5) is 0 Å². The molecule has 3 N–H and O–H groups in total. The summed E-state index contributed by atoms with van der Waals surface area (Å²) >= 11 is 0. The number of carbonyl (C=O) groups is 1. The first-order chi connectivity index (χ1) is 7.67. The maximum absolute atomic E-state index is 10.6. The number of nitrogens with two attached hydrogens (primary N) is 1. The van der Waals surface area contributed by atoms with Crippen LogP contribution >= 0.6 is 0 Å². The minimum absolute atomic E-state index is 0.135. The van der Waals surface area contributed by atoms with Crippen LogP contribution in [-0.2, 0) is 11.3 Å². The molecule has 88 valence electrons. The molecule has 5 heteroatoms. The van der Waals surface area contributed by atoms with Crippen LogP contribution < -0.4 is 20.5 Å². The molecular formula is C11H16N2O3. The number of benzene rings is 1. The van der Waals surface area contributed by atoms with Crippen LogP contribution in [0, 0.1) is 0 Å². The fraction of sp³-hybridized carbons (Fsp3) is 0.364. The Bertz CT molecular complexity index is 366. The van der Waals surface area contributed by atoms with Crippen molar-refractivity contribution in [3.05, 3.63) is 23.8 Å². The van der Waals surface area contributed by atoms with Gasteiger partial charge < -0.3 is 20.5 Å². The van der Waals surface area contributed by atoms with Crippen molar-refractivity contribution in [3.63, 3.8) is 0 Å². The summed E-state index contributed by atoms with van der Waals surface area (Å²) in [6.45, 7) is 0.516. The highest BCUT2D eigenvalue weighted by Crippen LogP contribution is 2.24. The van der Waals surface area contributed by atoms with Crippen molar-refractivity contribution in [3.8, 4) is 11.5 Å². The molecule has 0 aromatic heterocycles. The number of rotatable bonds is 6. The Balaban J connectivity index is 2.86. The lowest BCUT2D eigenvalue weighted by atomic mass is 10.2. The van der Waals surface area contributed by atoms with Crippen molar-refractivity contribution in [2.24, 2.45) is 5.73 Å². The number of hydrogen-bond donors (Lipinski definition) is 2. The van der Waals surface area contributed by atoms with Crippen LogP contribution in [0.1, 0.15) is 5.56 Å². The number of amides is 1. The predicted molar refractivity (Wildman–Crippen MR) is 60.4 cm³/mol. The van der Waals surface area contributed by atoms with Gasteiger partial charge >= 0.3 is 0 Å². The Morgan fingerprint density at radius 2 is 2.25 bits per heavy atom. The molecule has 1 amide bonds. The Labute approximate surface area is 94.5 Å². The zero-order chi connectivity index (χ0) is 12.0. The highest BCUT2D eigenvalue weighted by molar-refractivity contribution is 5.75. The minimum Gasteiger partial charge on any atom is -0.497 e. The molecule has 0 aliphatic heterocycles. The Kier molecular flexibility index (Phi) is 4.60. The SMILES string of the molecule is CNCc1ccc(OC)cc1OCC(N)=O. The van der Waals surface area contributed by atoms with E-state index in [-0.39, 0.29) is 6.61 Å². The normalized spacial score (nSPS) is 9.88. The number of nitrogens with one attached hydrogen (secondary N) is 1. The summed E-state index contributed by atoms with van der Waals surface area (Å²) in [7, 11) is 3.41. The van der Waals surface area contributed by atoms with E-state index in [2.05, 4.69) is 5.32 Å². The van der Waals surface area contributed by atoms with Crippen LogP contribution in [0.5, 0.6) is 11.5 Å². The lowest BCUT2D eigenvalue weighted by molar-refractivity contribution is -0.119. The second kappa shape index (κ2) is 5.97. The van der Waals surface area contributed by atoms with E-state index in [1.165, 1.54) is 0 Å². The molecule has 1 aromatic carbocycles. The molecule has 0 heterocycles. The molecule has 0 spiro atoms. The van der Waals surface area contributed by atoms with E-state index < -0.39 is 5.91 Å². The first-order valence-electron chi connectivity index (χ1n) is 4.90. The Hall–Kier alpha value is -1.75. The van der Waals surface area contributed by atoms with E-state index in [0.29, 0.717) is 18.0 Å². The highest BCUT2D eigenvalue weighted by atomic mass is 16.5. The zero-order valence-electron chi connectivity index (χ0n) is 9.45. The standard InChI is InChI=1S/C11H16N2O3/c1-13-6-8-3-4-9(15-2)5-10(8)16-7-11(12)14/h3-5,13H,6-7H2,1-2H3,(H2,12,14). The largest absolute Gasteiger partial charge is 0.497 e. The molecule has 16 heavy (non-hydrogen) atoms. The second-order valence-corrected chi connectivity index (χ2v) is 3.26. The number of carbonyl (C=O) groups excluding carboxylic acids is 1. The monoisotopic (exact) mass is 224 g/mol. The average Bonchev–Trinajstić information content (AvgIpc) is 2.28. The van der Waals surface area contributed by atoms with Crippen LogP contribution in [0.25, 0.3) is 0 Å². The van der Waals surface area contributed by atoms with Gasteiger partial charge in [-0.05, 0) is 13.1 Å². The number of hydrogen-bond acceptors (Lipinski definition) is 4. The molecule has 5 nitrogen and oxygen atoms in total. The fourth-order valence-corrected chi connectivity index (χ4v) is 1.28. The van der Waals surface area contributed by atoms with Gasteiger partial charge in [0, 0.05) is 18.2 Å². The predicted octanol–water partition coefficient (Wildman–Crippen LogP) is 0.279. The van der Waals surface area contributed by atoms with E-state index in [9.17, 15) is 4.79 Å². The quantitative estimate of drug-likeness (QED) is 0.728. The summed E-state index contributed by atoms with van der Waals surface area (Å²) in [5.74, 6) is 0.782. The van der Waals surface area contributed by atoms with E-state index >= 15 is 0 Å². The summed E-state index contributed by atoms with van der Waals surface area (Å²) in [6, 6.07) is 5.45. The molecule has 0 saturated heterocycles. The minimum atomic E-state index is -0.502. The Morgan fingerprint density at radius 3 is 2.81 bits per heavy atom. The van der Waals surface area contributed by atoms with Crippen molar-refractivity contribution >= 4 is 5.91 Å². The van der Waals surface area contributed by atoms with Crippen molar-refractivity contribution in [2.75, 3.05) is 20.8 Å². The highest BCUT2D eigenvalue weighted by Gasteiger charge is 2.06. The number of primary amides is 1.